The van der Waals surface area contributed by atoms with Crippen LogP contribution in [0, 0.1) is 24.7 Å². The highest BCUT2D eigenvalue weighted by molar-refractivity contribution is 7.10. The number of rotatable bonds is 5. The number of carboxylic acids is 1. The van der Waals surface area contributed by atoms with Crippen LogP contribution in [0.4, 0.5) is 5.69 Å². The Balaban J connectivity index is 1.60. The summed E-state index contributed by atoms with van der Waals surface area (Å²) in [5.41, 5.74) is -0.232. The maximum Gasteiger partial charge on any atom is 0.324 e. The number of aryl methyl sites for hydroxylation is 1. The zero-order valence-electron chi connectivity index (χ0n) is 18.4. The summed E-state index contributed by atoms with van der Waals surface area (Å²) in [4.78, 5) is 42.5. The van der Waals surface area contributed by atoms with E-state index in [9.17, 15) is 19.5 Å². The van der Waals surface area contributed by atoms with E-state index in [4.69, 9.17) is 11.6 Å². The third-order valence-corrected chi connectivity index (χ3v) is 9.00. The Morgan fingerprint density at radius 1 is 1.21 bits per heavy atom. The molecule has 3 aliphatic rings. The molecule has 174 valence electrons. The number of thiophene rings is 1. The molecule has 4 unspecified atom stereocenters. The summed E-state index contributed by atoms with van der Waals surface area (Å²) in [6.45, 7) is 1.85. The van der Waals surface area contributed by atoms with Crippen LogP contribution in [0.5, 0.6) is 0 Å². The smallest absolute Gasteiger partial charge is 0.324 e. The Bertz CT molecular complexity index is 1100. The van der Waals surface area contributed by atoms with E-state index >= 15 is 0 Å². The van der Waals surface area contributed by atoms with E-state index in [0.29, 0.717) is 17.1 Å². The van der Waals surface area contributed by atoms with Crippen LogP contribution in [0.3, 0.4) is 0 Å². The van der Waals surface area contributed by atoms with Crippen LogP contribution in [-0.4, -0.2) is 28.4 Å². The predicted octanol–water partition coefficient (Wildman–Crippen LogP) is 4.95. The SMILES string of the molecule is Cc1ccc(N2C(=O)C3C(c4cccs4)NC(CC4CCCCC4)(C(=O)O)C3C2=O)cc1Cl. The molecule has 2 aromatic rings. The minimum Gasteiger partial charge on any atom is -0.480 e. The van der Waals surface area contributed by atoms with Crippen molar-refractivity contribution in [3.05, 3.63) is 51.2 Å². The number of fused-ring (bicyclic) bond motifs is 1. The van der Waals surface area contributed by atoms with Gasteiger partial charge in [-0.25, -0.2) is 4.90 Å². The van der Waals surface area contributed by atoms with Crippen molar-refractivity contribution in [2.75, 3.05) is 4.90 Å². The fourth-order valence-electron chi connectivity index (χ4n) is 6.01. The van der Waals surface area contributed by atoms with Crippen molar-refractivity contribution in [2.24, 2.45) is 17.8 Å². The molecule has 1 aliphatic carbocycles. The molecular formula is C25H27ClN2O4S. The average Bonchev–Trinajstić information content (AvgIpc) is 3.49. The van der Waals surface area contributed by atoms with Gasteiger partial charge in [-0.1, -0.05) is 55.8 Å². The standard InChI is InChI=1S/C25H27ClN2O4S/c1-14-9-10-16(12-17(14)26)28-22(29)19-20(23(28)30)25(24(31)32,13-15-6-3-2-4-7-15)27-21(19)18-8-5-11-33-18/h5,8-12,15,19-21,27H,2-4,6-7,13H2,1H3,(H,31,32). The van der Waals surface area contributed by atoms with E-state index in [0.717, 1.165) is 42.5 Å². The van der Waals surface area contributed by atoms with Crippen molar-refractivity contribution in [2.45, 2.75) is 57.0 Å². The van der Waals surface area contributed by atoms with E-state index in [1.165, 1.54) is 16.2 Å². The Morgan fingerprint density at radius 2 is 1.97 bits per heavy atom. The van der Waals surface area contributed by atoms with Crippen molar-refractivity contribution in [3.63, 3.8) is 0 Å². The monoisotopic (exact) mass is 486 g/mol. The molecule has 6 nitrogen and oxygen atoms in total. The molecular weight excluding hydrogens is 460 g/mol. The lowest BCUT2D eigenvalue weighted by Gasteiger charge is -2.35. The van der Waals surface area contributed by atoms with Gasteiger partial charge >= 0.3 is 5.97 Å². The van der Waals surface area contributed by atoms with Gasteiger partial charge in [0.2, 0.25) is 11.8 Å². The molecule has 5 rings (SSSR count). The van der Waals surface area contributed by atoms with Gasteiger partial charge in [-0.05, 0) is 48.4 Å². The zero-order valence-corrected chi connectivity index (χ0v) is 20.0. The quantitative estimate of drug-likeness (QED) is 0.584. The lowest BCUT2D eigenvalue weighted by molar-refractivity contribution is -0.150. The number of halogens is 1. The number of nitrogens with one attached hydrogen (secondary N) is 1. The normalized spacial score (nSPS) is 30.1. The van der Waals surface area contributed by atoms with Crippen LogP contribution in [-0.2, 0) is 14.4 Å². The van der Waals surface area contributed by atoms with Crippen LogP contribution in [0.15, 0.2) is 35.7 Å². The summed E-state index contributed by atoms with van der Waals surface area (Å²) in [5, 5.41) is 16.2. The Morgan fingerprint density at radius 3 is 2.61 bits per heavy atom. The zero-order chi connectivity index (χ0) is 23.3. The Hall–Kier alpha value is -2.22. The molecule has 33 heavy (non-hydrogen) atoms. The van der Waals surface area contributed by atoms with Crippen molar-refractivity contribution in [3.8, 4) is 0 Å². The molecule has 2 aliphatic heterocycles. The lowest BCUT2D eigenvalue weighted by atomic mass is 9.72. The van der Waals surface area contributed by atoms with Crippen LogP contribution >= 0.6 is 22.9 Å². The maximum atomic E-state index is 13.8. The number of carboxylic acid groups (broad SMARTS) is 1. The molecule has 0 radical (unpaired) electrons. The molecule has 4 atom stereocenters. The number of imide groups is 1. The van der Waals surface area contributed by atoms with Crippen LogP contribution in [0.2, 0.25) is 5.02 Å². The molecule has 1 saturated carbocycles. The first kappa shape index (κ1) is 22.6. The number of nitrogens with zero attached hydrogens (tertiary/aromatic N) is 1. The summed E-state index contributed by atoms with van der Waals surface area (Å²) < 4.78 is 0. The first-order valence-corrected chi connectivity index (χ1v) is 12.8. The van der Waals surface area contributed by atoms with Crippen LogP contribution in [0.1, 0.15) is 55.0 Å². The van der Waals surface area contributed by atoms with Gasteiger partial charge in [-0.3, -0.25) is 19.7 Å². The lowest BCUT2D eigenvalue weighted by Crippen LogP contribution is -2.56. The number of amides is 2. The fourth-order valence-corrected chi connectivity index (χ4v) is 7.01. The van der Waals surface area contributed by atoms with Crippen molar-refractivity contribution in [1.82, 2.24) is 5.32 Å². The van der Waals surface area contributed by atoms with E-state index in [2.05, 4.69) is 5.32 Å². The van der Waals surface area contributed by atoms with Crippen LogP contribution in [0.25, 0.3) is 0 Å². The van der Waals surface area contributed by atoms with Gasteiger partial charge in [0.25, 0.3) is 0 Å². The molecule has 2 N–H and O–H groups in total. The number of carbonyl (C=O) groups excluding carboxylic acids is 2. The van der Waals surface area contributed by atoms with E-state index in [1.54, 1.807) is 18.2 Å². The fraction of sp³-hybridized carbons (Fsp3) is 0.480. The van der Waals surface area contributed by atoms with Gasteiger partial charge in [-0.15, -0.1) is 11.3 Å². The van der Waals surface area contributed by atoms with Gasteiger partial charge in [0.05, 0.1) is 23.6 Å². The summed E-state index contributed by atoms with van der Waals surface area (Å²) in [6, 6.07) is 8.36. The van der Waals surface area contributed by atoms with Gasteiger partial charge in [-0.2, -0.15) is 0 Å². The number of benzene rings is 1. The molecule has 1 aromatic carbocycles. The topological polar surface area (TPSA) is 86.7 Å². The molecule has 3 fully saturated rings. The van der Waals surface area contributed by atoms with E-state index in [-0.39, 0.29) is 11.8 Å². The Labute approximate surface area is 201 Å². The van der Waals surface area contributed by atoms with Gasteiger partial charge in [0, 0.05) is 9.90 Å². The summed E-state index contributed by atoms with van der Waals surface area (Å²) in [7, 11) is 0. The highest BCUT2D eigenvalue weighted by atomic mass is 35.5. The third-order valence-electron chi connectivity index (χ3n) is 7.63. The maximum absolute atomic E-state index is 13.8. The first-order chi connectivity index (χ1) is 15.8. The number of aliphatic carboxylic acids is 1. The van der Waals surface area contributed by atoms with Gasteiger partial charge in [0.1, 0.15) is 5.54 Å². The highest BCUT2D eigenvalue weighted by Gasteiger charge is 2.69. The molecule has 1 aromatic heterocycles. The average molecular weight is 487 g/mol. The summed E-state index contributed by atoms with van der Waals surface area (Å²) in [5.74, 6) is -3.37. The molecule has 2 amide bonds. The third kappa shape index (κ3) is 3.61. The minimum atomic E-state index is -1.47. The van der Waals surface area contributed by atoms with Crippen LogP contribution < -0.4 is 10.2 Å². The van der Waals surface area contributed by atoms with Crippen molar-refractivity contribution in [1.29, 1.82) is 0 Å². The van der Waals surface area contributed by atoms with Crippen molar-refractivity contribution >= 4 is 46.4 Å². The second-order valence-electron chi connectivity index (χ2n) is 9.57. The van der Waals surface area contributed by atoms with Crippen molar-refractivity contribution < 1.29 is 19.5 Å². The summed E-state index contributed by atoms with van der Waals surface area (Å²) in [6.07, 6.45) is 5.57. The van der Waals surface area contributed by atoms with E-state index in [1.807, 2.05) is 24.4 Å². The Kier molecular flexibility index (Phi) is 5.83. The molecule has 3 heterocycles. The second-order valence-corrected chi connectivity index (χ2v) is 11.0. The van der Waals surface area contributed by atoms with Gasteiger partial charge in [0.15, 0.2) is 0 Å². The first-order valence-electron chi connectivity index (χ1n) is 11.5. The summed E-state index contributed by atoms with van der Waals surface area (Å²) >= 11 is 7.77. The number of hydrogen-bond donors (Lipinski definition) is 2. The highest BCUT2D eigenvalue weighted by Crippen LogP contribution is 2.53. The van der Waals surface area contributed by atoms with Gasteiger partial charge < -0.3 is 5.11 Å². The molecule has 0 spiro atoms. The number of anilines is 1. The number of carbonyl (C=O) groups is 3. The largest absolute Gasteiger partial charge is 0.480 e. The minimum absolute atomic E-state index is 0.218. The van der Waals surface area contributed by atoms with E-state index < -0.39 is 35.3 Å². The molecule has 2 saturated heterocycles. The molecule has 0 bridgehead atoms. The number of hydrogen-bond acceptors (Lipinski definition) is 5. The second kappa shape index (κ2) is 8.53. The molecule has 8 heteroatoms. The predicted molar refractivity (Wildman–Crippen MR) is 127 cm³/mol.